The summed E-state index contributed by atoms with van der Waals surface area (Å²) in [6.45, 7) is 2.08. The summed E-state index contributed by atoms with van der Waals surface area (Å²) >= 11 is 0. The van der Waals surface area contributed by atoms with Crippen LogP contribution in [0, 0.1) is 0 Å². The fourth-order valence-electron chi connectivity index (χ4n) is 3.01. The highest BCUT2D eigenvalue weighted by Crippen LogP contribution is 2.21. The second-order valence-corrected chi connectivity index (χ2v) is 6.09. The van der Waals surface area contributed by atoms with Crippen molar-refractivity contribution in [2.75, 3.05) is 18.4 Å². The predicted octanol–water partition coefficient (Wildman–Crippen LogP) is 2.00. The van der Waals surface area contributed by atoms with Crippen molar-refractivity contribution in [3.05, 3.63) is 61.1 Å². The molecule has 3 aromatic heterocycles. The van der Waals surface area contributed by atoms with Crippen LogP contribution < -0.4 is 5.32 Å². The summed E-state index contributed by atoms with van der Waals surface area (Å²) in [6, 6.07) is 5.80. The van der Waals surface area contributed by atoms with Crippen LogP contribution in [0.4, 0.5) is 10.6 Å². The summed E-state index contributed by atoms with van der Waals surface area (Å²) in [5.41, 5.74) is 1.05. The van der Waals surface area contributed by atoms with E-state index in [0.717, 1.165) is 18.5 Å². The molecule has 1 aliphatic heterocycles. The summed E-state index contributed by atoms with van der Waals surface area (Å²) < 4.78 is 3.88. The summed E-state index contributed by atoms with van der Waals surface area (Å²) in [4.78, 5) is 22.6. The number of nitrogens with zero attached hydrogens (tertiary/aromatic N) is 6. The second kappa shape index (κ2) is 6.76. The summed E-state index contributed by atoms with van der Waals surface area (Å²) in [6.07, 6.45) is 11.8. The predicted molar refractivity (Wildman–Crippen MR) is 92.0 cm³/mol. The molecule has 1 N–H and O–H groups in total. The first kappa shape index (κ1) is 15.4. The molecule has 0 aromatic carbocycles. The van der Waals surface area contributed by atoms with Crippen LogP contribution >= 0.6 is 0 Å². The van der Waals surface area contributed by atoms with Gasteiger partial charge in [0.2, 0.25) is 0 Å². The minimum absolute atomic E-state index is 0.121. The molecule has 1 unspecified atom stereocenters. The van der Waals surface area contributed by atoms with Crippen molar-refractivity contribution in [2.24, 2.45) is 0 Å². The molecule has 0 aliphatic carbocycles. The lowest BCUT2D eigenvalue weighted by molar-refractivity contribution is 0.220. The molecule has 1 fully saturated rings. The number of likely N-dealkylation sites (tertiary alicyclic amines) is 1. The molecule has 2 amide bonds. The molecule has 1 aliphatic rings. The highest BCUT2D eigenvalue weighted by atomic mass is 16.2. The van der Waals surface area contributed by atoms with Crippen molar-refractivity contribution in [1.82, 2.24) is 29.2 Å². The van der Waals surface area contributed by atoms with Gasteiger partial charge in [-0.3, -0.25) is 10.00 Å². The van der Waals surface area contributed by atoms with Gasteiger partial charge in [0.25, 0.3) is 0 Å². The molecule has 1 atom stereocenters. The largest absolute Gasteiger partial charge is 0.333 e. The number of pyridine rings is 1. The fourth-order valence-corrected chi connectivity index (χ4v) is 3.01. The third-order valence-electron chi connectivity index (χ3n) is 4.33. The first-order chi connectivity index (χ1) is 12.3. The number of urea groups is 1. The van der Waals surface area contributed by atoms with Gasteiger partial charge in [-0.05, 0) is 24.1 Å². The van der Waals surface area contributed by atoms with Gasteiger partial charge in [-0.15, -0.1) is 0 Å². The Morgan fingerprint density at radius 2 is 2.24 bits per heavy atom. The number of hydrogen-bond acceptors (Lipinski definition) is 4. The zero-order chi connectivity index (χ0) is 17.1. The molecule has 3 aromatic rings. The third-order valence-corrected chi connectivity index (χ3v) is 4.33. The van der Waals surface area contributed by atoms with Crippen LogP contribution in [0.5, 0.6) is 0 Å². The van der Waals surface area contributed by atoms with Crippen LogP contribution in [0.3, 0.4) is 0 Å². The second-order valence-electron chi connectivity index (χ2n) is 6.09. The number of imidazole rings is 1. The Balaban J connectivity index is 1.33. The number of carbonyl (C=O) groups excluding carboxylic acids is 1. The maximum atomic E-state index is 12.4. The summed E-state index contributed by atoms with van der Waals surface area (Å²) in [7, 11) is 0. The van der Waals surface area contributed by atoms with E-state index in [2.05, 4.69) is 20.4 Å². The van der Waals surface area contributed by atoms with Gasteiger partial charge in [0.15, 0.2) is 0 Å². The van der Waals surface area contributed by atoms with Gasteiger partial charge < -0.3 is 9.47 Å². The maximum Gasteiger partial charge on any atom is 0.323 e. The lowest BCUT2D eigenvalue weighted by Gasteiger charge is -2.17. The van der Waals surface area contributed by atoms with E-state index in [1.165, 1.54) is 0 Å². The smallest absolute Gasteiger partial charge is 0.323 e. The maximum absolute atomic E-state index is 12.4. The Morgan fingerprint density at radius 3 is 2.96 bits per heavy atom. The topological polar surface area (TPSA) is 80.9 Å². The number of anilines is 1. The van der Waals surface area contributed by atoms with Gasteiger partial charge in [0.05, 0.1) is 12.4 Å². The molecule has 0 saturated carbocycles. The Kier molecular flexibility index (Phi) is 4.16. The fraction of sp³-hybridized carbons (Fsp3) is 0.294. The Labute approximate surface area is 145 Å². The third kappa shape index (κ3) is 3.52. The van der Waals surface area contributed by atoms with Crippen molar-refractivity contribution in [3.8, 4) is 0 Å². The monoisotopic (exact) mass is 337 g/mol. The van der Waals surface area contributed by atoms with Gasteiger partial charge in [-0.25, -0.2) is 14.8 Å². The van der Waals surface area contributed by atoms with Crippen molar-refractivity contribution >= 4 is 11.8 Å². The van der Waals surface area contributed by atoms with Crippen molar-refractivity contribution in [2.45, 2.75) is 19.0 Å². The lowest BCUT2D eigenvalue weighted by atomic mass is 10.3. The van der Waals surface area contributed by atoms with Crippen LogP contribution in [0.2, 0.25) is 0 Å². The van der Waals surface area contributed by atoms with Crippen molar-refractivity contribution < 1.29 is 4.79 Å². The number of amides is 2. The van der Waals surface area contributed by atoms with E-state index in [0.29, 0.717) is 18.9 Å². The molecule has 4 rings (SSSR count). The number of nitrogens with one attached hydrogen (secondary N) is 1. The lowest BCUT2D eigenvalue weighted by Crippen LogP contribution is -2.33. The van der Waals surface area contributed by atoms with Crippen LogP contribution in [-0.4, -0.2) is 48.3 Å². The average molecular weight is 337 g/mol. The highest BCUT2D eigenvalue weighted by molar-refractivity contribution is 5.88. The average Bonchev–Trinajstić information content (AvgIpc) is 3.38. The number of aromatic nitrogens is 5. The number of carbonyl (C=O) groups is 1. The molecular weight excluding hydrogens is 318 g/mol. The van der Waals surface area contributed by atoms with Crippen LogP contribution in [0.15, 0.2) is 55.5 Å². The summed E-state index contributed by atoms with van der Waals surface area (Å²) in [5.74, 6) is 0.557. The normalized spacial score (nSPS) is 17.0. The van der Waals surface area contributed by atoms with Gasteiger partial charge >= 0.3 is 6.03 Å². The minimum Gasteiger partial charge on any atom is -0.333 e. The van der Waals surface area contributed by atoms with Gasteiger partial charge in [0, 0.05) is 50.6 Å². The van der Waals surface area contributed by atoms with E-state index in [9.17, 15) is 4.79 Å². The van der Waals surface area contributed by atoms with E-state index >= 15 is 0 Å². The molecule has 4 heterocycles. The van der Waals surface area contributed by atoms with E-state index in [1.54, 1.807) is 29.8 Å². The van der Waals surface area contributed by atoms with Gasteiger partial charge in [-0.2, -0.15) is 5.10 Å². The first-order valence-corrected chi connectivity index (χ1v) is 8.24. The molecule has 0 radical (unpaired) electrons. The van der Waals surface area contributed by atoms with E-state index in [4.69, 9.17) is 0 Å². The molecule has 128 valence electrons. The molecule has 0 spiro atoms. The first-order valence-electron chi connectivity index (χ1n) is 8.24. The molecule has 25 heavy (non-hydrogen) atoms. The SMILES string of the molecule is O=C(Nc1ccc(Cn2ccnc2)cn1)N1CCC(n2cccn2)C1. The number of rotatable bonds is 4. The van der Waals surface area contributed by atoms with Crippen LogP contribution in [-0.2, 0) is 6.54 Å². The molecule has 1 saturated heterocycles. The Bertz CT molecular complexity index is 811. The zero-order valence-corrected chi connectivity index (χ0v) is 13.7. The summed E-state index contributed by atoms with van der Waals surface area (Å²) in [5, 5.41) is 7.12. The zero-order valence-electron chi connectivity index (χ0n) is 13.7. The molecular formula is C17H19N7O. The standard InChI is InChI=1S/C17H19N7O/c25-17(23-8-4-15(12-23)24-7-1-5-20-24)21-16-3-2-14(10-19-16)11-22-9-6-18-13-22/h1-3,5-7,9-10,13,15H,4,8,11-12H2,(H,19,21,25). The Morgan fingerprint density at radius 1 is 1.28 bits per heavy atom. The molecule has 8 heteroatoms. The van der Waals surface area contributed by atoms with E-state index < -0.39 is 0 Å². The van der Waals surface area contributed by atoms with Crippen LogP contribution in [0.25, 0.3) is 0 Å². The van der Waals surface area contributed by atoms with Gasteiger partial charge in [-0.1, -0.05) is 6.07 Å². The highest BCUT2D eigenvalue weighted by Gasteiger charge is 2.27. The van der Waals surface area contributed by atoms with Crippen molar-refractivity contribution in [3.63, 3.8) is 0 Å². The minimum atomic E-state index is -0.121. The van der Waals surface area contributed by atoms with Crippen LogP contribution in [0.1, 0.15) is 18.0 Å². The van der Waals surface area contributed by atoms with E-state index in [1.807, 2.05) is 39.8 Å². The molecule has 0 bridgehead atoms. The van der Waals surface area contributed by atoms with Crippen molar-refractivity contribution in [1.29, 1.82) is 0 Å². The Hall–Kier alpha value is -3.16. The number of hydrogen-bond donors (Lipinski definition) is 1. The molecule has 8 nitrogen and oxygen atoms in total. The van der Waals surface area contributed by atoms with Gasteiger partial charge in [0.1, 0.15) is 5.82 Å². The quantitative estimate of drug-likeness (QED) is 0.789. The van der Waals surface area contributed by atoms with E-state index in [-0.39, 0.29) is 12.1 Å².